The summed E-state index contributed by atoms with van der Waals surface area (Å²) in [7, 11) is 4.62. The van der Waals surface area contributed by atoms with Crippen LogP contribution in [0.15, 0.2) is 48.7 Å². The summed E-state index contributed by atoms with van der Waals surface area (Å²) in [5.74, 6) is 1.17. The third kappa shape index (κ3) is 4.76. The average molecular weight is 631 g/mol. The van der Waals surface area contributed by atoms with Crippen molar-refractivity contribution in [1.29, 1.82) is 0 Å². The second-order valence-corrected chi connectivity index (χ2v) is 11.2. The standard InChI is InChI=1S/C32H30N4O10/c1-16-5-6-19(9-23(16)36(38)39)43-13-18-12-35(34-33-18)30-21-11-25-24(45-15-46-25)10-20(21)28(29-22(30)14-44-32(29)37)17-7-26(40-2)31(42-4)27(8-17)41-3/h5-12,22,28-30H,13-15H2,1-4H3/t22-,28+,29-,30+/m0/s1. The van der Waals surface area contributed by atoms with E-state index in [2.05, 4.69) is 10.3 Å². The van der Waals surface area contributed by atoms with Crippen LogP contribution in [0.5, 0.6) is 34.5 Å². The summed E-state index contributed by atoms with van der Waals surface area (Å²) in [5, 5.41) is 20.1. The topological polar surface area (TPSA) is 156 Å². The number of cyclic esters (lactones) is 1. The van der Waals surface area contributed by atoms with E-state index in [1.165, 1.54) is 13.2 Å². The van der Waals surface area contributed by atoms with Gasteiger partial charge in [0, 0.05) is 17.4 Å². The predicted molar refractivity (Wildman–Crippen MR) is 159 cm³/mol. The van der Waals surface area contributed by atoms with E-state index in [0.29, 0.717) is 45.8 Å². The number of carbonyl (C=O) groups excluding carboxylic acids is 1. The van der Waals surface area contributed by atoms with Crippen molar-refractivity contribution in [3.63, 3.8) is 0 Å². The lowest BCUT2D eigenvalue weighted by Crippen LogP contribution is -2.37. The van der Waals surface area contributed by atoms with Gasteiger partial charge in [-0.05, 0) is 60.0 Å². The molecule has 1 fully saturated rings. The van der Waals surface area contributed by atoms with Gasteiger partial charge in [0.1, 0.15) is 18.1 Å². The maximum absolute atomic E-state index is 13.5. The lowest BCUT2D eigenvalue weighted by molar-refractivity contribution is -0.385. The zero-order valence-corrected chi connectivity index (χ0v) is 25.4. The molecule has 46 heavy (non-hydrogen) atoms. The van der Waals surface area contributed by atoms with Gasteiger partial charge in [0.25, 0.3) is 5.69 Å². The van der Waals surface area contributed by atoms with Crippen LogP contribution in [0.25, 0.3) is 0 Å². The van der Waals surface area contributed by atoms with Crippen LogP contribution in [0.3, 0.4) is 0 Å². The van der Waals surface area contributed by atoms with Crippen LogP contribution in [0.1, 0.15) is 39.9 Å². The molecule has 4 atom stereocenters. The lowest BCUT2D eigenvalue weighted by Gasteiger charge is -2.39. The smallest absolute Gasteiger partial charge is 0.310 e. The van der Waals surface area contributed by atoms with Crippen LogP contribution in [-0.4, -0.2) is 60.6 Å². The van der Waals surface area contributed by atoms with Gasteiger partial charge in [0.15, 0.2) is 23.0 Å². The fourth-order valence-electron chi connectivity index (χ4n) is 6.70. The van der Waals surface area contributed by atoms with Crippen molar-refractivity contribution in [2.75, 3.05) is 34.7 Å². The molecular formula is C32H30N4O10. The summed E-state index contributed by atoms with van der Waals surface area (Å²) in [4.78, 5) is 24.5. The largest absolute Gasteiger partial charge is 0.493 e. The first-order chi connectivity index (χ1) is 22.3. The second kappa shape index (κ2) is 11.4. The number of nitrogens with zero attached hydrogens (tertiary/aromatic N) is 4. The molecule has 238 valence electrons. The fourth-order valence-corrected chi connectivity index (χ4v) is 6.70. The molecule has 0 saturated carbocycles. The normalized spacial score (nSPS) is 20.8. The van der Waals surface area contributed by atoms with E-state index < -0.39 is 22.8 Å². The Balaban J connectivity index is 1.29. The van der Waals surface area contributed by atoms with Crippen LogP contribution in [0.2, 0.25) is 0 Å². The van der Waals surface area contributed by atoms with Gasteiger partial charge in [-0.25, -0.2) is 4.68 Å². The zero-order chi connectivity index (χ0) is 32.1. The Morgan fingerprint density at radius 1 is 0.978 bits per heavy atom. The number of rotatable bonds is 9. The highest BCUT2D eigenvalue weighted by Crippen LogP contribution is 2.56. The van der Waals surface area contributed by atoms with Crippen molar-refractivity contribution in [1.82, 2.24) is 15.0 Å². The Bertz CT molecular complexity index is 1830. The number of fused-ring (bicyclic) bond motifs is 3. The number of hydrogen-bond acceptors (Lipinski definition) is 12. The van der Waals surface area contributed by atoms with Gasteiger partial charge in [-0.2, -0.15) is 0 Å². The first kappa shape index (κ1) is 29.2. The second-order valence-electron chi connectivity index (χ2n) is 11.2. The Morgan fingerprint density at radius 2 is 1.70 bits per heavy atom. The van der Waals surface area contributed by atoms with Crippen LogP contribution in [0, 0.1) is 28.9 Å². The summed E-state index contributed by atoms with van der Waals surface area (Å²) >= 11 is 0. The molecule has 4 aromatic rings. The molecule has 3 aromatic carbocycles. The van der Waals surface area contributed by atoms with Gasteiger partial charge >= 0.3 is 5.97 Å². The number of aromatic nitrogens is 3. The molecule has 2 aliphatic heterocycles. The molecule has 14 heteroatoms. The van der Waals surface area contributed by atoms with E-state index >= 15 is 0 Å². The molecule has 0 N–H and O–H groups in total. The number of methoxy groups -OCH3 is 3. The predicted octanol–water partition coefficient (Wildman–Crippen LogP) is 4.35. The quantitative estimate of drug-likeness (QED) is 0.147. The number of aryl methyl sites for hydroxylation is 1. The first-order valence-electron chi connectivity index (χ1n) is 14.5. The molecule has 0 radical (unpaired) electrons. The summed E-state index contributed by atoms with van der Waals surface area (Å²) < 4.78 is 41.6. The number of hydrogen-bond donors (Lipinski definition) is 0. The maximum Gasteiger partial charge on any atom is 0.310 e. The fraction of sp³-hybridized carbons (Fsp3) is 0.344. The number of esters is 1. The molecule has 1 aromatic heterocycles. The van der Waals surface area contributed by atoms with Crippen LogP contribution >= 0.6 is 0 Å². The molecule has 3 aliphatic rings. The number of carbonyl (C=O) groups is 1. The van der Waals surface area contributed by atoms with Crippen molar-refractivity contribution in [3.05, 3.63) is 86.7 Å². The van der Waals surface area contributed by atoms with Gasteiger partial charge in [-0.15, -0.1) is 5.10 Å². The molecular weight excluding hydrogens is 600 g/mol. The minimum atomic E-state index is -0.585. The van der Waals surface area contributed by atoms with Gasteiger partial charge in [-0.3, -0.25) is 14.9 Å². The Kier molecular flexibility index (Phi) is 7.26. The third-order valence-corrected chi connectivity index (χ3v) is 8.80. The van der Waals surface area contributed by atoms with Gasteiger partial charge in [0.2, 0.25) is 12.5 Å². The van der Waals surface area contributed by atoms with Crippen LogP contribution < -0.4 is 28.4 Å². The van der Waals surface area contributed by atoms with Crippen molar-refractivity contribution >= 4 is 11.7 Å². The highest BCUT2D eigenvalue weighted by molar-refractivity contribution is 5.79. The maximum atomic E-state index is 13.5. The molecule has 1 saturated heterocycles. The summed E-state index contributed by atoms with van der Waals surface area (Å²) in [6.07, 6.45) is 1.75. The molecule has 0 bridgehead atoms. The zero-order valence-electron chi connectivity index (χ0n) is 25.4. The Hall–Kier alpha value is -5.53. The van der Waals surface area contributed by atoms with E-state index in [1.807, 2.05) is 24.3 Å². The third-order valence-electron chi connectivity index (χ3n) is 8.80. The van der Waals surface area contributed by atoms with Crippen molar-refractivity contribution in [3.8, 4) is 34.5 Å². The number of nitro groups is 1. The molecule has 1 aliphatic carbocycles. The molecule has 14 nitrogen and oxygen atoms in total. The minimum Gasteiger partial charge on any atom is -0.493 e. The molecule has 0 amide bonds. The monoisotopic (exact) mass is 630 g/mol. The van der Waals surface area contributed by atoms with Gasteiger partial charge < -0.3 is 33.2 Å². The van der Waals surface area contributed by atoms with Gasteiger partial charge in [-0.1, -0.05) is 5.21 Å². The summed E-state index contributed by atoms with van der Waals surface area (Å²) in [6, 6.07) is 11.8. The molecule has 3 heterocycles. The summed E-state index contributed by atoms with van der Waals surface area (Å²) in [5.41, 5.74) is 3.49. The molecule has 0 spiro atoms. The highest BCUT2D eigenvalue weighted by atomic mass is 16.7. The number of benzene rings is 3. The van der Waals surface area contributed by atoms with E-state index in [4.69, 9.17) is 33.2 Å². The van der Waals surface area contributed by atoms with Crippen molar-refractivity contribution in [2.45, 2.75) is 25.5 Å². The Labute approximate surface area is 262 Å². The lowest BCUT2D eigenvalue weighted by atomic mass is 9.65. The van der Waals surface area contributed by atoms with E-state index in [-0.39, 0.29) is 37.6 Å². The van der Waals surface area contributed by atoms with Crippen LogP contribution in [-0.2, 0) is 16.1 Å². The SMILES string of the molecule is COc1cc([C@@H]2c3cc4c(cc3[C@@H](n3cc(COc5ccc(C)c([N+](=O)[O-])c5)nn3)[C@H]3COC(=O)[C@H]23)OCO4)cc(OC)c1OC. The number of ether oxygens (including phenoxy) is 7. The summed E-state index contributed by atoms with van der Waals surface area (Å²) in [6.45, 7) is 1.94. The highest BCUT2D eigenvalue weighted by Gasteiger charge is 2.53. The Morgan fingerprint density at radius 3 is 2.37 bits per heavy atom. The number of nitro benzene ring substituents is 1. The van der Waals surface area contributed by atoms with E-state index in [9.17, 15) is 14.9 Å². The molecule has 0 unspecified atom stereocenters. The van der Waals surface area contributed by atoms with E-state index in [0.717, 1.165) is 16.7 Å². The van der Waals surface area contributed by atoms with Gasteiger partial charge in [0.05, 0.1) is 57.1 Å². The van der Waals surface area contributed by atoms with Crippen molar-refractivity contribution in [2.24, 2.45) is 11.8 Å². The van der Waals surface area contributed by atoms with Crippen LogP contribution in [0.4, 0.5) is 5.69 Å². The minimum absolute atomic E-state index is 0.0263. The van der Waals surface area contributed by atoms with Crippen molar-refractivity contribution < 1.29 is 42.9 Å². The first-order valence-corrected chi connectivity index (χ1v) is 14.5. The van der Waals surface area contributed by atoms with E-state index in [1.54, 1.807) is 44.2 Å². The molecule has 7 rings (SSSR count). The average Bonchev–Trinajstić information content (AvgIpc) is 3.82.